The van der Waals surface area contributed by atoms with Gasteiger partial charge in [0.25, 0.3) is 10.8 Å². The lowest BCUT2D eigenvalue weighted by molar-refractivity contribution is -1.63. The molecule has 0 amide bonds. The fourth-order valence-corrected chi connectivity index (χ4v) is 0.306. The number of nitrogens with zero attached hydrogens (tertiary/aromatic N) is 1. The quantitative estimate of drug-likeness (QED) is 0.577. The number of methoxy groups -OCH3 is 1. The smallest absolute Gasteiger partial charge is 0.305 e. The molecule has 0 aromatic rings. The van der Waals surface area contributed by atoms with Crippen molar-refractivity contribution in [3.8, 4) is 0 Å². The first kappa shape index (κ1) is 20.1. The van der Waals surface area contributed by atoms with Crippen LogP contribution in [0.1, 0.15) is 19.8 Å². The Hall–Kier alpha value is -0.400. The van der Waals surface area contributed by atoms with Crippen LogP contribution < -0.4 is 9.32 Å². The maximum Gasteiger partial charge on any atom is 0.305 e. The van der Waals surface area contributed by atoms with Crippen LogP contribution in [-0.4, -0.2) is 43.8 Å². The standard InChI is InChI=1S/C5H10O2.C3H9N.ClHO3/c1-3-4-5(6)7-2;1-4(2)3;2-1(3)4/h3-4H2,1-2H3;1-3H3;2H. The van der Waals surface area contributed by atoms with Crippen molar-refractivity contribution in [2.24, 2.45) is 0 Å². The fourth-order valence-electron chi connectivity index (χ4n) is 0.306. The second-order valence-electron chi connectivity index (χ2n) is 2.87. The Morgan fingerprint density at radius 1 is 1.40 bits per heavy atom. The molecular weight excluding hydrogens is 226 g/mol. The third-order valence-corrected chi connectivity index (χ3v) is 0.682. The van der Waals surface area contributed by atoms with Gasteiger partial charge in [0.05, 0.1) is 7.11 Å². The van der Waals surface area contributed by atoms with Crippen LogP contribution in [0, 0.1) is 10.8 Å². The van der Waals surface area contributed by atoms with E-state index in [9.17, 15) is 4.79 Å². The third-order valence-electron chi connectivity index (χ3n) is 0.682. The summed E-state index contributed by atoms with van der Waals surface area (Å²) in [6.07, 6.45) is 1.41. The maximum absolute atomic E-state index is 10.2. The Morgan fingerprint density at radius 2 is 1.67 bits per heavy atom. The molecule has 0 rings (SSSR count). The van der Waals surface area contributed by atoms with Gasteiger partial charge in [-0.25, -0.2) is 0 Å². The van der Waals surface area contributed by atoms with Gasteiger partial charge in [0.15, 0.2) is 0 Å². The van der Waals surface area contributed by atoms with Gasteiger partial charge in [0, 0.05) is 11.1 Å². The first-order valence-electron chi connectivity index (χ1n) is 4.20. The van der Waals surface area contributed by atoms with Crippen LogP contribution >= 0.6 is 0 Å². The zero-order valence-corrected chi connectivity index (χ0v) is 10.6. The lowest BCUT2D eigenvalue weighted by Gasteiger charge is -1.91. The van der Waals surface area contributed by atoms with Crippen LogP contribution in [0.2, 0.25) is 0 Å². The number of ether oxygens (including phenoxy) is 1. The molecular formula is C8H20ClNO5. The largest absolute Gasteiger partial charge is 0.469 e. The molecule has 94 valence electrons. The summed E-state index contributed by atoms with van der Waals surface area (Å²) < 4.78 is 28.3. The molecule has 0 bridgehead atoms. The lowest BCUT2D eigenvalue weighted by Crippen LogP contribution is -2.30. The van der Waals surface area contributed by atoms with Crippen LogP contribution in [0.5, 0.6) is 0 Å². The lowest BCUT2D eigenvalue weighted by atomic mass is 10.3. The molecule has 0 atom stereocenters. The van der Waals surface area contributed by atoms with E-state index in [1.54, 1.807) is 0 Å². The van der Waals surface area contributed by atoms with E-state index in [1.165, 1.54) is 7.11 Å². The minimum Gasteiger partial charge on any atom is -0.469 e. The topological polar surface area (TPSA) is 95.9 Å². The molecule has 15 heavy (non-hydrogen) atoms. The maximum atomic E-state index is 10.2. The minimum absolute atomic E-state index is 0.123. The molecule has 1 N–H and O–H groups in total. The average Bonchev–Trinajstić information content (AvgIpc) is 2.02. The van der Waals surface area contributed by atoms with E-state index < -0.39 is 10.8 Å². The van der Waals surface area contributed by atoms with Gasteiger partial charge in [-0.3, -0.25) is 4.79 Å². The number of carbonyl (C=O) groups excluding carboxylic acids is 1. The van der Waals surface area contributed by atoms with E-state index in [4.69, 9.17) is 14.0 Å². The summed E-state index contributed by atoms with van der Waals surface area (Å²) in [6, 6.07) is 0. The van der Waals surface area contributed by atoms with Crippen LogP contribution in [0.3, 0.4) is 0 Å². The van der Waals surface area contributed by atoms with E-state index in [1.807, 2.05) is 33.0 Å². The molecule has 0 aliphatic heterocycles. The molecule has 0 aliphatic carbocycles. The molecule has 0 aliphatic rings. The molecule has 6 nitrogen and oxygen atoms in total. The van der Waals surface area contributed by atoms with Crippen molar-refractivity contribution in [2.45, 2.75) is 19.8 Å². The van der Waals surface area contributed by atoms with Crippen LogP contribution in [0.4, 0.5) is 0 Å². The molecule has 0 heterocycles. The van der Waals surface area contributed by atoms with Gasteiger partial charge in [-0.05, 0) is 27.6 Å². The van der Waals surface area contributed by atoms with Gasteiger partial charge in [-0.2, -0.15) is 0 Å². The van der Waals surface area contributed by atoms with Crippen molar-refractivity contribution in [3.63, 3.8) is 0 Å². The van der Waals surface area contributed by atoms with Crippen molar-refractivity contribution >= 4 is 5.97 Å². The zero-order chi connectivity index (χ0) is 12.9. The van der Waals surface area contributed by atoms with Gasteiger partial charge in [0.1, 0.15) is 0 Å². The SMILES string of the molecule is CCCC(=O)OC.CN(C)C.[O-][Cl+2]([O-])O. The van der Waals surface area contributed by atoms with E-state index in [0.29, 0.717) is 6.42 Å². The summed E-state index contributed by atoms with van der Waals surface area (Å²) in [5.41, 5.74) is 0. The van der Waals surface area contributed by atoms with Crippen LogP contribution in [0.15, 0.2) is 0 Å². The van der Waals surface area contributed by atoms with Crippen LogP contribution in [-0.2, 0) is 9.53 Å². The molecule has 0 saturated heterocycles. The first-order chi connectivity index (χ1) is 6.77. The Bertz CT molecular complexity index is 121. The molecule has 0 fully saturated rings. The summed E-state index contributed by atoms with van der Waals surface area (Å²) in [5, 5.41) is 0. The number of hydrogen-bond acceptors (Lipinski definition) is 6. The molecule has 0 saturated carbocycles. The normalized spacial score (nSPS) is 8.67. The van der Waals surface area contributed by atoms with E-state index >= 15 is 0 Å². The third kappa shape index (κ3) is 86.5. The van der Waals surface area contributed by atoms with Gasteiger partial charge in [0.2, 0.25) is 0 Å². The van der Waals surface area contributed by atoms with Crippen molar-refractivity contribution in [1.82, 2.24) is 4.90 Å². The predicted molar refractivity (Wildman–Crippen MR) is 48.8 cm³/mol. The molecule has 0 spiro atoms. The van der Waals surface area contributed by atoms with Gasteiger partial charge >= 0.3 is 5.97 Å². The molecule has 0 aromatic heterocycles. The van der Waals surface area contributed by atoms with Crippen molar-refractivity contribution in [3.05, 3.63) is 0 Å². The molecule has 0 unspecified atom stereocenters. The summed E-state index contributed by atoms with van der Waals surface area (Å²) in [4.78, 5) is 12.2. The second kappa shape index (κ2) is 16.0. The van der Waals surface area contributed by atoms with E-state index in [-0.39, 0.29) is 5.97 Å². The van der Waals surface area contributed by atoms with Gasteiger partial charge < -0.3 is 19.0 Å². The highest BCUT2D eigenvalue weighted by Gasteiger charge is 1.92. The number of rotatable bonds is 2. The highest BCUT2D eigenvalue weighted by atomic mass is 35.6. The highest BCUT2D eigenvalue weighted by Crippen LogP contribution is 1.86. The number of halogens is 1. The summed E-state index contributed by atoms with van der Waals surface area (Å²) >= 11 is 0. The second-order valence-corrected chi connectivity index (χ2v) is 3.27. The van der Waals surface area contributed by atoms with Gasteiger partial charge in [-0.1, -0.05) is 6.92 Å². The molecule has 0 radical (unpaired) electrons. The highest BCUT2D eigenvalue weighted by molar-refractivity contribution is 5.68. The fraction of sp³-hybridized carbons (Fsp3) is 0.875. The molecule has 0 aromatic carbocycles. The van der Waals surface area contributed by atoms with Crippen LogP contribution in [0.25, 0.3) is 0 Å². The summed E-state index contributed by atoms with van der Waals surface area (Å²) in [7, 11) is 4.80. The molecule has 7 heteroatoms. The number of esters is 1. The Labute approximate surface area is 93.9 Å². The monoisotopic (exact) mass is 245 g/mol. The first-order valence-corrected chi connectivity index (χ1v) is 5.15. The van der Waals surface area contributed by atoms with E-state index in [2.05, 4.69) is 4.74 Å². The Morgan fingerprint density at radius 3 is 1.73 bits per heavy atom. The van der Waals surface area contributed by atoms with E-state index in [0.717, 1.165) is 6.42 Å². The predicted octanol–water partition coefficient (Wildman–Crippen LogP) is -1.80. The van der Waals surface area contributed by atoms with Crippen molar-refractivity contribution in [2.75, 3.05) is 28.3 Å². The minimum atomic E-state index is -2.60. The average molecular weight is 246 g/mol. The summed E-state index contributed by atoms with van der Waals surface area (Å²) in [6.45, 7) is 1.94. The van der Waals surface area contributed by atoms with Crippen molar-refractivity contribution < 1.29 is 34.3 Å². The summed E-state index contributed by atoms with van der Waals surface area (Å²) in [5.74, 6) is -0.123. The Kier molecular flexibility index (Phi) is 21.5. The number of hydrogen-bond donors (Lipinski definition) is 1. The van der Waals surface area contributed by atoms with Gasteiger partial charge in [-0.15, -0.1) is 0 Å². The van der Waals surface area contributed by atoms with Crippen molar-refractivity contribution in [1.29, 1.82) is 0 Å². The Balaban J connectivity index is -0.000000155. The zero-order valence-electron chi connectivity index (χ0n) is 9.82. The number of carbonyl (C=O) groups is 1.